The number of thioether (sulfide) groups is 1. The van der Waals surface area contributed by atoms with Gasteiger partial charge in [0.1, 0.15) is 5.75 Å². The van der Waals surface area contributed by atoms with E-state index in [1.807, 2.05) is 37.4 Å². The van der Waals surface area contributed by atoms with Crippen LogP contribution in [0.2, 0.25) is 0 Å². The molecule has 0 aliphatic heterocycles. The van der Waals surface area contributed by atoms with Gasteiger partial charge in [0.25, 0.3) is 0 Å². The lowest BCUT2D eigenvalue weighted by Gasteiger charge is -2.17. The first kappa shape index (κ1) is 15.5. The maximum Gasteiger partial charge on any atom is 0.167 e. The van der Waals surface area contributed by atoms with Crippen molar-refractivity contribution in [1.29, 1.82) is 0 Å². The highest BCUT2D eigenvalue weighted by Gasteiger charge is 2.24. The van der Waals surface area contributed by atoms with Crippen LogP contribution in [-0.2, 0) is 6.42 Å². The van der Waals surface area contributed by atoms with Gasteiger partial charge in [0, 0.05) is 11.8 Å². The molecule has 1 aromatic carbocycles. The molecule has 0 radical (unpaired) electrons. The Morgan fingerprint density at radius 3 is 3.04 bits per heavy atom. The number of benzene rings is 1. The molecule has 24 heavy (non-hydrogen) atoms. The molecule has 1 atom stereocenters. The number of pyridine rings is 1. The molecule has 3 aromatic rings. The minimum absolute atomic E-state index is 0.323. The third-order valence-corrected chi connectivity index (χ3v) is 5.58. The van der Waals surface area contributed by atoms with Gasteiger partial charge in [-0.3, -0.25) is 4.98 Å². The molecule has 0 bridgehead atoms. The van der Waals surface area contributed by atoms with Crippen molar-refractivity contribution in [3.8, 4) is 5.75 Å². The third-order valence-electron chi connectivity index (χ3n) is 4.42. The Morgan fingerprint density at radius 1 is 1.25 bits per heavy atom. The number of imidazole rings is 1. The predicted molar refractivity (Wildman–Crippen MR) is 97.7 cm³/mol. The van der Waals surface area contributed by atoms with Gasteiger partial charge in [-0.05, 0) is 44.4 Å². The quantitative estimate of drug-likeness (QED) is 0.686. The Kier molecular flexibility index (Phi) is 4.43. The molecular formula is C19H21N3OS. The highest BCUT2D eigenvalue weighted by Crippen LogP contribution is 2.43. The molecule has 0 saturated carbocycles. The van der Waals surface area contributed by atoms with Gasteiger partial charge in [0.15, 0.2) is 5.16 Å². The van der Waals surface area contributed by atoms with Crippen LogP contribution in [0.15, 0.2) is 41.7 Å². The maximum atomic E-state index is 5.83. The van der Waals surface area contributed by atoms with Crippen molar-refractivity contribution in [1.82, 2.24) is 15.0 Å². The van der Waals surface area contributed by atoms with Crippen LogP contribution in [0, 0.1) is 0 Å². The summed E-state index contributed by atoms with van der Waals surface area (Å²) in [4.78, 5) is 12.9. The molecule has 0 fully saturated rings. The van der Waals surface area contributed by atoms with E-state index < -0.39 is 0 Å². The number of nitrogens with zero attached hydrogens (tertiary/aromatic N) is 2. The van der Waals surface area contributed by atoms with Crippen molar-refractivity contribution >= 4 is 22.8 Å². The first-order valence-electron chi connectivity index (χ1n) is 8.57. The Labute approximate surface area is 146 Å². The van der Waals surface area contributed by atoms with Crippen molar-refractivity contribution in [2.24, 2.45) is 0 Å². The maximum absolute atomic E-state index is 5.83. The van der Waals surface area contributed by atoms with E-state index in [0.717, 1.165) is 34.8 Å². The fraction of sp³-hybridized carbons (Fsp3) is 0.368. The predicted octanol–water partition coefficient (Wildman–Crippen LogP) is 4.92. The van der Waals surface area contributed by atoms with E-state index in [-0.39, 0.29) is 0 Å². The van der Waals surface area contributed by atoms with Crippen molar-refractivity contribution in [2.45, 2.75) is 43.0 Å². The molecule has 5 heteroatoms. The molecule has 2 aromatic heterocycles. The van der Waals surface area contributed by atoms with Crippen LogP contribution in [0.25, 0.3) is 11.0 Å². The molecule has 0 amide bonds. The second-order valence-electron chi connectivity index (χ2n) is 6.02. The zero-order valence-corrected chi connectivity index (χ0v) is 14.6. The van der Waals surface area contributed by atoms with E-state index in [2.05, 4.69) is 11.1 Å². The van der Waals surface area contributed by atoms with E-state index in [4.69, 9.17) is 14.7 Å². The molecule has 1 unspecified atom stereocenters. The number of hydrogen-bond acceptors (Lipinski definition) is 4. The molecule has 4 rings (SSSR count). The average Bonchev–Trinajstić information content (AvgIpc) is 2.90. The summed E-state index contributed by atoms with van der Waals surface area (Å²) in [6.45, 7) is 2.72. The summed E-state index contributed by atoms with van der Waals surface area (Å²) in [5.74, 6) is 1.000. The fourth-order valence-corrected chi connectivity index (χ4v) is 4.50. The first-order chi connectivity index (χ1) is 11.8. The Morgan fingerprint density at radius 2 is 2.17 bits per heavy atom. The number of rotatable bonds is 4. The van der Waals surface area contributed by atoms with Crippen molar-refractivity contribution in [3.63, 3.8) is 0 Å². The van der Waals surface area contributed by atoms with Gasteiger partial charge in [0.2, 0.25) is 0 Å². The van der Waals surface area contributed by atoms with Crippen LogP contribution in [-0.4, -0.2) is 21.6 Å². The van der Waals surface area contributed by atoms with E-state index in [9.17, 15) is 0 Å². The second-order valence-corrected chi connectivity index (χ2v) is 7.21. The Balaban J connectivity index is 1.67. The third kappa shape index (κ3) is 3.00. The second kappa shape index (κ2) is 6.85. The number of aromatic nitrogens is 3. The molecule has 4 nitrogen and oxygen atoms in total. The van der Waals surface area contributed by atoms with Crippen LogP contribution < -0.4 is 4.74 Å². The van der Waals surface area contributed by atoms with Crippen LogP contribution in [0.4, 0.5) is 0 Å². The lowest BCUT2D eigenvalue weighted by atomic mass is 10.1. The summed E-state index contributed by atoms with van der Waals surface area (Å²) in [5.41, 5.74) is 4.56. The number of para-hydroxylation sites is 2. The number of H-pyrrole nitrogens is 1. The van der Waals surface area contributed by atoms with Crippen LogP contribution in [0.1, 0.15) is 42.7 Å². The van der Waals surface area contributed by atoms with Gasteiger partial charge >= 0.3 is 0 Å². The molecule has 0 spiro atoms. The summed E-state index contributed by atoms with van der Waals surface area (Å²) in [7, 11) is 0. The molecule has 1 N–H and O–H groups in total. The molecule has 124 valence electrons. The van der Waals surface area contributed by atoms with Crippen LogP contribution in [0.5, 0.6) is 5.75 Å². The molecule has 0 saturated heterocycles. The highest BCUT2D eigenvalue weighted by atomic mass is 32.2. The summed E-state index contributed by atoms with van der Waals surface area (Å²) < 4.78 is 5.83. The number of fused-ring (bicyclic) bond motifs is 2. The summed E-state index contributed by atoms with van der Waals surface area (Å²) in [6.07, 6.45) is 6.45. The standard InChI is InChI=1S/C19H21N3OS/c1-2-23-16-11-12-20-18-13(16)7-3-6-10-17(18)24-19-21-14-8-4-5-9-15(14)22-19/h4-5,8-9,11-12,17H,2-3,6-7,10H2,1H3,(H,21,22). The van der Waals surface area contributed by atoms with Crippen molar-refractivity contribution in [2.75, 3.05) is 6.61 Å². The number of hydrogen-bond donors (Lipinski definition) is 1. The van der Waals surface area contributed by atoms with Gasteiger partial charge in [-0.25, -0.2) is 4.98 Å². The fourth-order valence-electron chi connectivity index (χ4n) is 3.31. The van der Waals surface area contributed by atoms with Crippen LogP contribution >= 0.6 is 11.8 Å². The molecule has 2 heterocycles. The molecule has 1 aliphatic rings. The smallest absolute Gasteiger partial charge is 0.167 e. The Bertz CT molecular complexity index is 812. The topological polar surface area (TPSA) is 50.8 Å². The van der Waals surface area contributed by atoms with Crippen molar-refractivity contribution < 1.29 is 4.74 Å². The molecular weight excluding hydrogens is 318 g/mol. The molecule has 1 aliphatic carbocycles. The normalized spacial score (nSPS) is 17.5. The van der Waals surface area contributed by atoms with E-state index in [0.29, 0.717) is 11.9 Å². The van der Waals surface area contributed by atoms with Gasteiger partial charge in [-0.1, -0.05) is 30.3 Å². The number of ether oxygens (including phenoxy) is 1. The SMILES string of the molecule is CCOc1ccnc2c1CCCCC2Sc1nc2ccccc2[nH]1. The van der Waals surface area contributed by atoms with E-state index in [1.165, 1.54) is 24.1 Å². The number of aromatic amines is 1. The monoisotopic (exact) mass is 339 g/mol. The summed E-state index contributed by atoms with van der Waals surface area (Å²) in [6, 6.07) is 10.2. The average molecular weight is 339 g/mol. The largest absolute Gasteiger partial charge is 0.493 e. The lowest BCUT2D eigenvalue weighted by Crippen LogP contribution is -2.04. The van der Waals surface area contributed by atoms with E-state index in [1.54, 1.807) is 11.8 Å². The minimum Gasteiger partial charge on any atom is -0.493 e. The van der Waals surface area contributed by atoms with E-state index >= 15 is 0 Å². The number of nitrogens with one attached hydrogen (secondary N) is 1. The van der Waals surface area contributed by atoms with Gasteiger partial charge < -0.3 is 9.72 Å². The van der Waals surface area contributed by atoms with Gasteiger partial charge in [-0.15, -0.1) is 0 Å². The zero-order valence-electron chi connectivity index (χ0n) is 13.8. The highest BCUT2D eigenvalue weighted by molar-refractivity contribution is 7.99. The van der Waals surface area contributed by atoms with Gasteiger partial charge in [0.05, 0.1) is 28.6 Å². The Hall–Kier alpha value is -2.01. The lowest BCUT2D eigenvalue weighted by molar-refractivity contribution is 0.335. The first-order valence-corrected chi connectivity index (χ1v) is 9.45. The van der Waals surface area contributed by atoms with Gasteiger partial charge in [-0.2, -0.15) is 0 Å². The van der Waals surface area contributed by atoms with Crippen LogP contribution in [0.3, 0.4) is 0 Å². The minimum atomic E-state index is 0.323. The summed E-state index contributed by atoms with van der Waals surface area (Å²) >= 11 is 1.79. The zero-order chi connectivity index (χ0) is 16.4. The van der Waals surface area contributed by atoms with Crippen molar-refractivity contribution in [3.05, 3.63) is 47.8 Å². The summed E-state index contributed by atoms with van der Waals surface area (Å²) in [5, 5.41) is 1.29.